The van der Waals surface area contributed by atoms with E-state index in [1.165, 1.54) is 0 Å². The first-order valence-corrected chi connectivity index (χ1v) is 8.14. The zero-order valence-corrected chi connectivity index (χ0v) is 13.2. The third-order valence-corrected chi connectivity index (χ3v) is 4.77. The molecule has 0 aliphatic carbocycles. The molecule has 2 heterocycles. The van der Waals surface area contributed by atoms with Crippen molar-refractivity contribution in [3.8, 4) is 5.75 Å². The summed E-state index contributed by atoms with van der Waals surface area (Å²) in [5.74, 6) is 1.37. The molecule has 0 unspecified atom stereocenters. The number of rotatable bonds is 4. The predicted octanol–water partition coefficient (Wildman–Crippen LogP) is 0.622. The van der Waals surface area contributed by atoms with Gasteiger partial charge in [-0.2, -0.15) is 0 Å². The van der Waals surface area contributed by atoms with E-state index in [0.29, 0.717) is 23.1 Å². The molecule has 0 aromatic heterocycles. The van der Waals surface area contributed by atoms with Crippen molar-refractivity contribution in [3.63, 3.8) is 0 Å². The molecule has 2 amide bonds. The molecule has 2 atom stereocenters. The molecule has 124 valence electrons. The molecule has 6 nitrogen and oxygen atoms in total. The van der Waals surface area contributed by atoms with Gasteiger partial charge in [0, 0.05) is 18.7 Å². The summed E-state index contributed by atoms with van der Waals surface area (Å²) in [5.41, 5.74) is 5.67. The third-order valence-electron chi connectivity index (χ3n) is 4.77. The van der Waals surface area contributed by atoms with Crippen LogP contribution in [0.2, 0.25) is 0 Å². The van der Waals surface area contributed by atoms with Crippen LogP contribution >= 0.6 is 0 Å². The molecular weight excluding hydrogens is 294 g/mol. The first-order chi connectivity index (χ1) is 11.1. The van der Waals surface area contributed by atoms with E-state index in [1.54, 1.807) is 24.3 Å². The van der Waals surface area contributed by atoms with Gasteiger partial charge in [0.15, 0.2) is 6.61 Å². The zero-order valence-electron chi connectivity index (χ0n) is 13.2. The Kier molecular flexibility index (Phi) is 4.81. The van der Waals surface area contributed by atoms with Crippen molar-refractivity contribution >= 4 is 11.8 Å². The summed E-state index contributed by atoms with van der Waals surface area (Å²) in [6.45, 7) is 3.56. The number of likely N-dealkylation sites (tertiary alicyclic amines) is 1. The second-order valence-electron chi connectivity index (χ2n) is 6.33. The highest BCUT2D eigenvalue weighted by atomic mass is 16.5. The van der Waals surface area contributed by atoms with E-state index < -0.39 is 5.91 Å². The van der Waals surface area contributed by atoms with Crippen LogP contribution in [-0.4, -0.2) is 49.5 Å². The Morgan fingerprint density at radius 1 is 1.22 bits per heavy atom. The van der Waals surface area contributed by atoms with Crippen molar-refractivity contribution in [1.29, 1.82) is 0 Å². The number of primary amides is 1. The first-order valence-electron chi connectivity index (χ1n) is 8.14. The molecule has 2 aliphatic heterocycles. The fourth-order valence-corrected chi connectivity index (χ4v) is 3.48. The van der Waals surface area contributed by atoms with Crippen LogP contribution in [0.4, 0.5) is 0 Å². The number of amides is 2. The number of hydrogen-bond acceptors (Lipinski definition) is 4. The van der Waals surface area contributed by atoms with E-state index in [0.717, 1.165) is 39.0 Å². The van der Waals surface area contributed by atoms with Gasteiger partial charge >= 0.3 is 0 Å². The summed E-state index contributed by atoms with van der Waals surface area (Å²) in [5, 5.41) is 3.44. The molecule has 2 saturated heterocycles. The molecule has 0 bridgehead atoms. The van der Waals surface area contributed by atoms with Gasteiger partial charge in [-0.15, -0.1) is 0 Å². The van der Waals surface area contributed by atoms with Crippen molar-refractivity contribution in [1.82, 2.24) is 10.2 Å². The number of benzene rings is 1. The smallest absolute Gasteiger partial charge is 0.255 e. The Balaban J connectivity index is 1.65. The van der Waals surface area contributed by atoms with Crippen LogP contribution < -0.4 is 15.8 Å². The summed E-state index contributed by atoms with van der Waals surface area (Å²) in [6.07, 6.45) is 2.11. The molecule has 0 radical (unpaired) electrons. The molecular formula is C17H23N3O3. The molecule has 0 spiro atoms. The van der Waals surface area contributed by atoms with E-state index >= 15 is 0 Å². The monoisotopic (exact) mass is 317 g/mol. The SMILES string of the molecule is NC(=O)COc1cccc(C(=O)N2CC[C@@H]3CNC[C@@H]3CC2)c1. The van der Waals surface area contributed by atoms with Gasteiger partial charge in [0.2, 0.25) is 0 Å². The summed E-state index contributed by atoms with van der Waals surface area (Å²) in [7, 11) is 0. The predicted molar refractivity (Wildman–Crippen MR) is 86.1 cm³/mol. The number of nitrogens with one attached hydrogen (secondary N) is 1. The van der Waals surface area contributed by atoms with Crippen LogP contribution in [0.15, 0.2) is 24.3 Å². The Morgan fingerprint density at radius 2 is 1.91 bits per heavy atom. The van der Waals surface area contributed by atoms with Crippen molar-refractivity contribution < 1.29 is 14.3 Å². The molecule has 2 aliphatic rings. The van der Waals surface area contributed by atoms with Crippen LogP contribution in [0.3, 0.4) is 0 Å². The minimum absolute atomic E-state index is 0.0301. The highest BCUT2D eigenvalue weighted by Crippen LogP contribution is 2.28. The standard InChI is InChI=1S/C17H23N3O3/c18-16(21)11-23-15-3-1-2-12(8-15)17(22)20-6-4-13-9-19-10-14(13)5-7-20/h1-3,8,13-14,19H,4-7,9-11H2,(H2,18,21)/t13-,14+. The molecule has 6 heteroatoms. The van der Waals surface area contributed by atoms with Gasteiger partial charge in [0.25, 0.3) is 11.8 Å². The fraction of sp³-hybridized carbons (Fsp3) is 0.529. The van der Waals surface area contributed by atoms with Gasteiger partial charge in [-0.3, -0.25) is 9.59 Å². The lowest BCUT2D eigenvalue weighted by Crippen LogP contribution is -2.32. The lowest BCUT2D eigenvalue weighted by Gasteiger charge is -2.21. The van der Waals surface area contributed by atoms with E-state index in [-0.39, 0.29) is 12.5 Å². The third kappa shape index (κ3) is 3.82. The van der Waals surface area contributed by atoms with Crippen LogP contribution in [-0.2, 0) is 4.79 Å². The number of ether oxygens (including phenoxy) is 1. The second kappa shape index (κ2) is 7.00. The molecule has 3 N–H and O–H groups in total. The number of fused-ring (bicyclic) bond motifs is 1. The largest absolute Gasteiger partial charge is 0.484 e. The van der Waals surface area contributed by atoms with Crippen LogP contribution in [0.5, 0.6) is 5.75 Å². The van der Waals surface area contributed by atoms with Crippen LogP contribution in [0.1, 0.15) is 23.2 Å². The molecule has 23 heavy (non-hydrogen) atoms. The summed E-state index contributed by atoms with van der Waals surface area (Å²) < 4.78 is 5.28. The average molecular weight is 317 g/mol. The van der Waals surface area contributed by atoms with E-state index in [4.69, 9.17) is 10.5 Å². The molecule has 1 aromatic rings. The molecule has 2 fully saturated rings. The van der Waals surface area contributed by atoms with Crippen molar-refractivity contribution in [2.45, 2.75) is 12.8 Å². The van der Waals surface area contributed by atoms with Gasteiger partial charge in [0.05, 0.1) is 0 Å². The van der Waals surface area contributed by atoms with E-state index in [2.05, 4.69) is 5.32 Å². The Bertz CT molecular complexity index is 576. The molecule has 1 aromatic carbocycles. The van der Waals surface area contributed by atoms with Crippen LogP contribution in [0, 0.1) is 11.8 Å². The van der Waals surface area contributed by atoms with E-state index in [1.807, 2.05) is 4.90 Å². The zero-order chi connectivity index (χ0) is 16.2. The summed E-state index contributed by atoms with van der Waals surface area (Å²) >= 11 is 0. The highest BCUT2D eigenvalue weighted by molar-refractivity contribution is 5.94. The number of nitrogens with zero attached hydrogens (tertiary/aromatic N) is 1. The number of carbonyl (C=O) groups excluding carboxylic acids is 2. The topological polar surface area (TPSA) is 84.7 Å². The summed E-state index contributed by atoms with van der Waals surface area (Å²) in [6, 6.07) is 6.95. The maximum Gasteiger partial charge on any atom is 0.255 e. The van der Waals surface area contributed by atoms with Crippen molar-refractivity contribution in [3.05, 3.63) is 29.8 Å². The minimum Gasteiger partial charge on any atom is -0.484 e. The Hall–Kier alpha value is -2.08. The second-order valence-corrected chi connectivity index (χ2v) is 6.33. The van der Waals surface area contributed by atoms with Gasteiger partial charge in [-0.25, -0.2) is 0 Å². The Labute approximate surface area is 136 Å². The maximum absolute atomic E-state index is 12.7. The number of carbonyl (C=O) groups is 2. The quantitative estimate of drug-likeness (QED) is 0.853. The highest BCUT2D eigenvalue weighted by Gasteiger charge is 2.31. The molecule has 0 saturated carbocycles. The molecule has 3 rings (SSSR count). The normalized spacial score (nSPS) is 23.9. The maximum atomic E-state index is 12.7. The van der Waals surface area contributed by atoms with Gasteiger partial charge in [-0.1, -0.05) is 6.07 Å². The lowest BCUT2D eigenvalue weighted by molar-refractivity contribution is -0.119. The first kappa shape index (κ1) is 15.8. The number of hydrogen-bond donors (Lipinski definition) is 2. The van der Waals surface area contributed by atoms with Crippen molar-refractivity contribution in [2.24, 2.45) is 17.6 Å². The van der Waals surface area contributed by atoms with Gasteiger partial charge in [-0.05, 0) is 56.0 Å². The van der Waals surface area contributed by atoms with Crippen molar-refractivity contribution in [2.75, 3.05) is 32.8 Å². The Morgan fingerprint density at radius 3 is 2.57 bits per heavy atom. The van der Waals surface area contributed by atoms with Gasteiger partial charge < -0.3 is 20.7 Å². The lowest BCUT2D eigenvalue weighted by atomic mass is 9.92. The minimum atomic E-state index is -0.533. The van der Waals surface area contributed by atoms with Crippen LogP contribution in [0.25, 0.3) is 0 Å². The fourth-order valence-electron chi connectivity index (χ4n) is 3.48. The number of nitrogens with two attached hydrogens (primary N) is 1. The van der Waals surface area contributed by atoms with Gasteiger partial charge in [0.1, 0.15) is 5.75 Å². The van der Waals surface area contributed by atoms with E-state index in [9.17, 15) is 9.59 Å². The average Bonchev–Trinajstić information content (AvgIpc) is 2.91. The summed E-state index contributed by atoms with van der Waals surface area (Å²) in [4.78, 5) is 25.5.